The standard InChI is InChI=1S/C21H26N4O2/c1-13-7-6-9-17(14(13)2)23-19(26)12-25-21(27)20-16(11-22-25)15-8-4-5-10-18(15)24(20)3/h4-5,8,10-11,13-14,17H,6-7,9,12H2,1-3H3,(H,23,26)/t13-,14+,17+/m1/s1. The normalized spacial score (nSPS) is 23.0. The highest BCUT2D eigenvalue weighted by Crippen LogP contribution is 2.29. The second kappa shape index (κ2) is 6.83. The summed E-state index contributed by atoms with van der Waals surface area (Å²) in [5.41, 5.74) is 1.34. The van der Waals surface area contributed by atoms with Crippen molar-refractivity contribution in [1.82, 2.24) is 19.7 Å². The van der Waals surface area contributed by atoms with Crippen LogP contribution in [0, 0.1) is 11.8 Å². The van der Waals surface area contributed by atoms with Crippen LogP contribution in [0.2, 0.25) is 0 Å². The largest absolute Gasteiger partial charge is 0.351 e. The van der Waals surface area contributed by atoms with Crippen molar-refractivity contribution in [1.29, 1.82) is 0 Å². The number of carbonyl (C=O) groups is 1. The summed E-state index contributed by atoms with van der Waals surface area (Å²) in [6.07, 6.45) is 5.04. The van der Waals surface area contributed by atoms with Crippen LogP contribution in [0.15, 0.2) is 35.3 Å². The Morgan fingerprint density at radius 3 is 2.81 bits per heavy atom. The molecule has 1 amide bonds. The van der Waals surface area contributed by atoms with Crippen molar-refractivity contribution >= 4 is 27.7 Å². The lowest BCUT2D eigenvalue weighted by Gasteiger charge is -2.34. The first-order chi connectivity index (χ1) is 13.0. The minimum atomic E-state index is -0.230. The minimum absolute atomic E-state index is 0.0477. The van der Waals surface area contributed by atoms with Gasteiger partial charge in [0.25, 0.3) is 5.56 Å². The molecule has 0 radical (unpaired) electrons. The van der Waals surface area contributed by atoms with E-state index in [0.29, 0.717) is 17.4 Å². The van der Waals surface area contributed by atoms with E-state index in [2.05, 4.69) is 24.3 Å². The lowest BCUT2D eigenvalue weighted by Crippen LogP contribution is -2.45. The second-order valence-corrected chi connectivity index (χ2v) is 7.89. The monoisotopic (exact) mass is 366 g/mol. The van der Waals surface area contributed by atoms with Gasteiger partial charge in [-0.1, -0.05) is 44.9 Å². The van der Waals surface area contributed by atoms with Crippen molar-refractivity contribution in [3.63, 3.8) is 0 Å². The summed E-state index contributed by atoms with van der Waals surface area (Å²) in [6.45, 7) is 4.39. The summed E-state index contributed by atoms with van der Waals surface area (Å²) < 4.78 is 3.15. The molecule has 0 saturated heterocycles. The number of hydrogen-bond acceptors (Lipinski definition) is 3. The van der Waals surface area contributed by atoms with Crippen LogP contribution in [0.1, 0.15) is 33.1 Å². The highest BCUT2D eigenvalue weighted by atomic mass is 16.2. The smallest absolute Gasteiger partial charge is 0.291 e. The average Bonchev–Trinajstić information content (AvgIpc) is 2.95. The van der Waals surface area contributed by atoms with Gasteiger partial charge in [-0.15, -0.1) is 0 Å². The Balaban J connectivity index is 1.62. The molecule has 1 aromatic carbocycles. The van der Waals surface area contributed by atoms with Crippen LogP contribution in [-0.2, 0) is 18.4 Å². The van der Waals surface area contributed by atoms with E-state index in [1.54, 1.807) is 6.20 Å². The molecule has 3 aromatic rings. The molecular formula is C21H26N4O2. The molecule has 1 aliphatic carbocycles. The number of rotatable bonds is 3. The van der Waals surface area contributed by atoms with Gasteiger partial charge in [-0.25, -0.2) is 4.68 Å². The van der Waals surface area contributed by atoms with Crippen LogP contribution in [0.25, 0.3) is 21.8 Å². The Hall–Kier alpha value is -2.63. The van der Waals surface area contributed by atoms with E-state index in [1.165, 1.54) is 11.1 Å². The van der Waals surface area contributed by atoms with E-state index < -0.39 is 0 Å². The Morgan fingerprint density at radius 1 is 1.22 bits per heavy atom. The molecule has 1 fully saturated rings. The van der Waals surface area contributed by atoms with Gasteiger partial charge < -0.3 is 9.88 Å². The summed E-state index contributed by atoms with van der Waals surface area (Å²) in [5.74, 6) is 0.916. The Bertz CT molecular complexity index is 1070. The third kappa shape index (κ3) is 3.03. The van der Waals surface area contributed by atoms with Gasteiger partial charge in [-0.2, -0.15) is 5.10 Å². The number of amides is 1. The van der Waals surface area contributed by atoms with Crippen molar-refractivity contribution in [2.45, 2.75) is 45.7 Å². The van der Waals surface area contributed by atoms with E-state index in [-0.39, 0.29) is 24.1 Å². The molecule has 6 heteroatoms. The molecule has 27 heavy (non-hydrogen) atoms. The third-order valence-corrected chi connectivity index (χ3v) is 6.26. The average molecular weight is 366 g/mol. The minimum Gasteiger partial charge on any atom is -0.351 e. The van der Waals surface area contributed by atoms with E-state index in [0.717, 1.165) is 29.1 Å². The first kappa shape index (κ1) is 17.8. The lowest BCUT2D eigenvalue weighted by molar-refractivity contribution is -0.123. The van der Waals surface area contributed by atoms with Crippen LogP contribution in [0.4, 0.5) is 0 Å². The fourth-order valence-corrected chi connectivity index (χ4v) is 4.40. The molecule has 1 N–H and O–H groups in total. The van der Waals surface area contributed by atoms with E-state index in [4.69, 9.17) is 0 Å². The van der Waals surface area contributed by atoms with Gasteiger partial charge >= 0.3 is 0 Å². The Labute approximate surface area is 158 Å². The molecule has 0 spiro atoms. The topological polar surface area (TPSA) is 68.9 Å². The molecule has 1 saturated carbocycles. The quantitative estimate of drug-likeness (QED) is 0.775. The van der Waals surface area contributed by atoms with Crippen LogP contribution in [0.5, 0.6) is 0 Å². The van der Waals surface area contributed by atoms with Crippen molar-refractivity contribution in [3.8, 4) is 0 Å². The zero-order valence-electron chi connectivity index (χ0n) is 16.1. The van der Waals surface area contributed by atoms with Crippen LogP contribution < -0.4 is 10.9 Å². The summed E-state index contributed by atoms with van der Waals surface area (Å²) in [5, 5.41) is 9.21. The summed E-state index contributed by atoms with van der Waals surface area (Å²) >= 11 is 0. The predicted octanol–water partition coefficient (Wildman–Crippen LogP) is 2.83. The van der Waals surface area contributed by atoms with Crippen molar-refractivity contribution in [2.24, 2.45) is 18.9 Å². The van der Waals surface area contributed by atoms with Gasteiger partial charge in [-0.05, 0) is 24.3 Å². The summed E-state index contributed by atoms with van der Waals surface area (Å²) in [7, 11) is 1.88. The molecule has 0 unspecified atom stereocenters. The first-order valence-corrected chi connectivity index (χ1v) is 9.70. The number of nitrogens with one attached hydrogen (secondary N) is 1. The molecule has 142 valence electrons. The van der Waals surface area contributed by atoms with E-state index in [9.17, 15) is 9.59 Å². The maximum Gasteiger partial charge on any atom is 0.291 e. The van der Waals surface area contributed by atoms with Crippen LogP contribution >= 0.6 is 0 Å². The van der Waals surface area contributed by atoms with Gasteiger partial charge in [-0.3, -0.25) is 9.59 Å². The molecule has 2 aromatic heterocycles. The fourth-order valence-electron chi connectivity index (χ4n) is 4.40. The van der Waals surface area contributed by atoms with Crippen molar-refractivity contribution in [2.75, 3.05) is 0 Å². The molecule has 1 aliphatic rings. The van der Waals surface area contributed by atoms with Gasteiger partial charge in [0.2, 0.25) is 5.91 Å². The third-order valence-electron chi connectivity index (χ3n) is 6.26. The van der Waals surface area contributed by atoms with Crippen molar-refractivity contribution in [3.05, 3.63) is 40.8 Å². The number of hydrogen-bond donors (Lipinski definition) is 1. The number of aryl methyl sites for hydroxylation is 1. The molecule has 2 heterocycles. The number of carbonyl (C=O) groups excluding carboxylic acids is 1. The molecule has 6 nitrogen and oxygen atoms in total. The zero-order valence-corrected chi connectivity index (χ0v) is 16.1. The van der Waals surface area contributed by atoms with Crippen molar-refractivity contribution < 1.29 is 4.79 Å². The maximum absolute atomic E-state index is 13.0. The SMILES string of the molecule is C[C@H]1[C@H](C)CCC[C@@H]1NC(=O)Cn1ncc2c3ccccc3n(C)c2c1=O. The fraction of sp³-hybridized carbons (Fsp3) is 0.476. The highest BCUT2D eigenvalue weighted by Gasteiger charge is 2.28. The van der Waals surface area contributed by atoms with Crippen LogP contribution in [0.3, 0.4) is 0 Å². The number of nitrogens with zero attached hydrogens (tertiary/aromatic N) is 3. The van der Waals surface area contributed by atoms with Crippen LogP contribution in [-0.4, -0.2) is 26.3 Å². The Morgan fingerprint density at radius 2 is 2.00 bits per heavy atom. The first-order valence-electron chi connectivity index (χ1n) is 9.70. The predicted molar refractivity (Wildman–Crippen MR) is 107 cm³/mol. The molecule has 4 rings (SSSR count). The molecule has 0 bridgehead atoms. The lowest BCUT2D eigenvalue weighted by atomic mass is 9.78. The van der Waals surface area contributed by atoms with E-state index >= 15 is 0 Å². The van der Waals surface area contributed by atoms with Gasteiger partial charge in [0.15, 0.2) is 0 Å². The molecule has 0 aliphatic heterocycles. The second-order valence-electron chi connectivity index (χ2n) is 7.89. The van der Waals surface area contributed by atoms with E-state index in [1.807, 2.05) is 35.9 Å². The molecular weight excluding hydrogens is 340 g/mol. The number of para-hydroxylation sites is 1. The number of benzene rings is 1. The zero-order chi connectivity index (χ0) is 19.1. The number of fused-ring (bicyclic) bond motifs is 3. The summed E-state index contributed by atoms with van der Waals surface area (Å²) in [4.78, 5) is 25.5. The maximum atomic E-state index is 13.0. The number of aromatic nitrogens is 3. The Kier molecular flexibility index (Phi) is 4.50. The van der Waals surface area contributed by atoms with Gasteiger partial charge in [0.1, 0.15) is 12.1 Å². The summed E-state index contributed by atoms with van der Waals surface area (Å²) in [6, 6.07) is 8.05. The highest BCUT2D eigenvalue weighted by molar-refractivity contribution is 6.07. The van der Waals surface area contributed by atoms with Gasteiger partial charge in [0.05, 0.1) is 6.20 Å². The molecule has 3 atom stereocenters. The van der Waals surface area contributed by atoms with Gasteiger partial charge in [0, 0.05) is 29.4 Å².